The minimum absolute atomic E-state index is 0.269. The molecule has 0 aromatic heterocycles. The SMILES string of the molecule is CC(C)CN(Cc1ccccc1)C[C@@H](O)COc1ccc(Cl)cc1. The predicted molar refractivity (Wildman–Crippen MR) is 99.5 cm³/mol. The molecule has 1 atom stereocenters. The van der Waals surface area contributed by atoms with Gasteiger partial charge in [0.05, 0.1) is 0 Å². The standard InChI is InChI=1S/C20H26ClNO2/c1-16(2)12-22(13-17-6-4-3-5-7-17)14-19(23)15-24-20-10-8-18(21)9-11-20/h3-11,16,19,23H,12-15H2,1-2H3/t19-/m1/s1. The first-order valence-electron chi connectivity index (χ1n) is 8.35. The number of rotatable bonds is 9. The van der Waals surface area contributed by atoms with Crippen molar-refractivity contribution in [2.24, 2.45) is 5.92 Å². The maximum absolute atomic E-state index is 10.3. The fourth-order valence-corrected chi connectivity index (χ4v) is 2.76. The lowest BCUT2D eigenvalue weighted by Gasteiger charge is -2.27. The summed E-state index contributed by atoms with van der Waals surface area (Å²) in [5, 5.41) is 11.0. The Labute approximate surface area is 149 Å². The van der Waals surface area contributed by atoms with Crippen LogP contribution in [0.4, 0.5) is 0 Å². The Morgan fingerprint density at radius 3 is 2.29 bits per heavy atom. The first-order chi connectivity index (χ1) is 11.5. The molecule has 0 aliphatic carbocycles. The Balaban J connectivity index is 1.86. The van der Waals surface area contributed by atoms with E-state index >= 15 is 0 Å². The van der Waals surface area contributed by atoms with Crippen LogP contribution in [0, 0.1) is 5.92 Å². The molecule has 0 heterocycles. The number of aliphatic hydroxyl groups is 1. The van der Waals surface area contributed by atoms with Gasteiger partial charge in [0.1, 0.15) is 18.5 Å². The quantitative estimate of drug-likeness (QED) is 0.736. The molecular formula is C20H26ClNO2. The largest absolute Gasteiger partial charge is 0.491 e. The molecule has 0 bridgehead atoms. The molecule has 0 saturated heterocycles. The van der Waals surface area contributed by atoms with E-state index in [9.17, 15) is 5.11 Å². The Hall–Kier alpha value is -1.55. The van der Waals surface area contributed by atoms with Gasteiger partial charge in [0.15, 0.2) is 0 Å². The summed E-state index contributed by atoms with van der Waals surface area (Å²) in [6, 6.07) is 17.5. The zero-order valence-corrected chi connectivity index (χ0v) is 15.1. The lowest BCUT2D eigenvalue weighted by atomic mass is 10.1. The first kappa shape index (κ1) is 18.8. The summed E-state index contributed by atoms with van der Waals surface area (Å²) in [7, 11) is 0. The van der Waals surface area contributed by atoms with E-state index in [0.717, 1.165) is 18.8 Å². The molecule has 0 unspecified atom stereocenters. The van der Waals surface area contributed by atoms with E-state index in [4.69, 9.17) is 16.3 Å². The fourth-order valence-electron chi connectivity index (χ4n) is 2.64. The lowest BCUT2D eigenvalue weighted by molar-refractivity contribution is 0.0615. The summed E-state index contributed by atoms with van der Waals surface area (Å²) in [5.41, 5.74) is 1.25. The van der Waals surface area contributed by atoms with Gasteiger partial charge in [-0.15, -0.1) is 0 Å². The summed E-state index contributed by atoms with van der Waals surface area (Å²) in [4.78, 5) is 2.27. The van der Waals surface area contributed by atoms with Crippen molar-refractivity contribution in [3.63, 3.8) is 0 Å². The number of nitrogens with zero attached hydrogens (tertiary/aromatic N) is 1. The average molecular weight is 348 g/mol. The topological polar surface area (TPSA) is 32.7 Å². The van der Waals surface area contributed by atoms with E-state index in [-0.39, 0.29) is 6.61 Å². The van der Waals surface area contributed by atoms with Crippen molar-refractivity contribution in [1.82, 2.24) is 4.90 Å². The van der Waals surface area contributed by atoms with Crippen LogP contribution in [0.5, 0.6) is 5.75 Å². The monoisotopic (exact) mass is 347 g/mol. The summed E-state index contributed by atoms with van der Waals surface area (Å²) in [5.74, 6) is 1.26. The Morgan fingerprint density at radius 1 is 1.00 bits per heavy atom. The smallest absolute Gasteiger partial charge is 0.119 e. The Kier molecular flexibility index (Phi) is 7.57. The van der Waals surface area contributed by atoms with Gasteiger partial charge in [-0.1, -0.05) is 55.8 Å². The highest BCUT2D eigenvalue weighted by atomic mass is 35.5. The number of halogens is 1. The second-order valence-electron chi connectivity index (χ2n) is 6.49. The fraction of sp³-hybridized carbons (Fsp3) is 0.400. The van der Waals surface area contributed by atoms with E-state index < -0.39 is 6.10 Å². The maximum atomic E-state index is 10.3. The summed E-state index contributed by atoms with van der Waals surface area (Å²) < 4.78 is 5.64. The zero-order valence-electron chi connectivity index (χ0n) is 14.4. The summed E-state index contributed by atoms with van der Waals surface area (Å²) in [6.45, 7) is 7.00. The van der Waals surface area contributed by atoms with Crippen molar-refractivity contribution in [2.75, 3.05) is 19.7 Å². The molecule has 24 heavy (non-hydrogen) atoms. The van der Waals surface area contributed by atoms with Crippen LogP contribution in [-0.2, 0) is 6.54 Å². The average Bonchev–Trinajstić information content (AvgIpc) is 2.54. The van der Waals surface area contributed by atoms with E-state index in [2.05, 4.69) is 30.9 Å². The maximum Gasteiger partial charge on any atom is 0.119 e. The molecule has 0 fully saturated rings. The minimum Gasteiger partial charge on any atom is -0.491 e. The molecule has 2 aromatic rings. The van der Waals surface area contributed by atoms with Crippen molar-refractivity contribution >= 4 is 11.6 Å². The third-order valence-electron chi connectivity index (χ3n) is 3.60. The second kappa shape index (κ2) is 9.67. The molecule has 2 rings (SSSR count). The number of aliphatic hydroxyl groups excluding tert-OH is 1. The molecule has 2 aromatic carbocycles. The van der Waals surface area contributed by atoms with E-state index in [1.807, 2.05) is 30.3 Å². The van der Waals surface area contributed by atoms with Gasteiger partial charge >= 0.3 is 0 Å². The van der Waals surface area contributed by atoms with Crippen LogP contribution < -0.4 is 4.74 Å². The van der Waals surface area contributed by atoms with Crippen LogP contribution in [0.15, 0.2) is 54.6 Å². The van der Waals surface area contributed by atoms with Gasteiger partial charge in [-0.2, -0.15) is 0 Å². The molecule has 0 amide bonds. The highest BCUT2D eigenvalue weighted by molar-refractivity contribution is 6.30. The number of ether oxygens (including phenoxy) is 1. The molecule has 0 aliphatic rings. The van der Waals surface area contributed by atoms with Crippen molar-refractivity contribution in [3.05, 3.63) is 65.2 Å². The normalized spacial score (nSPS) is 12.6. The van der Waals surface area contributed by atoms with Gasteiger partial charge in [0.2, 0.25) is 0 Å². The molecule has 0 radical (unpaired) electrons. The van der Waals surface area contributed by atoms with Gasteiger partial charge in [-0.25, -0.2) is 0 Å². The predicted octanol–water partition coefficient (Wildman–Crippen LogP) is 4.24. The molecular weight excluding hydrogens is 322 g/mol. The highest BCUT2D eigenvalue weighted by Gasteiger charge is 2.14. The van der Waals surface area contributed by atoms with E-state index in [1.54, 1.807) is 12.1 Å². The molecule has 130 valence electrons. The summed E-state index contributed by atoms with van der Waals surface area (Å²) in [6.07, 6.45) is -0.539. The van der Waals surface area contributed by atoms with Gasteiger partial charge in [0.25, 0.3) is 0 Å². The Bertz CT molecular complexity index is 586. The number of hydrogen-bond donors (Lipinski definition) is 1. The molecule has 1 N–H and O–H groups in total. The molecule has 4 heteroatoms. The number of benzene rings is 2. The van der Waals surface area contributed by atoms with Crippen LogP contribution >= 0.6 is 11.6 Å². The third-order valence-corrected chi connectivity index (χ3v) is 3.85. The van der Waals surface area contributed by atoms with Gasteiger partial charge in [-0.3, -0.25) is 4.90 Å². The van der Waals surface area contributed by atoms with Crippen LogP contribution in [0.25, 0.3) is 0 Å². The second-order valence-corrected chi connectivity index (χ2v) is 6.93. The molecule has 3 nitrogen and oxygen atoms in total. The molecule has 0 spiro atoms. The third kappa shape index (κ3) is 6.91. The highest BCUT2D eigenvalue weighted by Crippen LogP contribution is 2.16. The van der Waals surface area contributed by atoms with Crippen LogP contribution in [0.2, 0.25) is 5.02 Å². The summed E-state index contributed by atoms with van der Waals surface area (Å²) >= 11 is 5.86. The molecule has 0 saturated carbocycles. The lowest BCUT2D eigenvalue weighted by Crippen LogP contribution is -2.37. The van der Waals surface area contributed by atoms with Gasteiger partial charge in [0, 0.05) is 24.7 Å². The van der Waals surface area contributed by atoms with E-state index in [1.165, 1.54) is 5.56 Å². The van der Waals surface area contributed by atoms with Crippen LogP contribution in [0.1, 0.15) is 19.4 Å². The Morgan fingerprint density at radius 2 is 1.67 bits per heavy atom. The van der Waals surface area contributed by atoms with Crippen molar-refractivity contribution in [2.45, 2.75) is 26.5 Å². The zero-order chi connectivity index (χ0) is 17.4. The van der Waals surface area contributed by atoms with Crippen LogP contribution in [-0.4, -0.2) is 35.8 Å². The van der Waals surface area contributed by atoms with Crippen molar-refractivity contribution in [3.8, 4) is 5.75 Å². The minimum atomic E-state index is -0.539. The molecule has 0 aliphatic heterocycles. The first-order valence-corrected chi connectivity index (χ1v) is 8.73. The van der Waals surface area contributed by atoms with Gasteiger partial charge < -0.3 is 9.84 Å². The van der Waals surface area contributed by atoms with E-state index in [0.29, 0.717) is 17.5 Å². The van der Waals surface area contributed by atoms with Crippen molar-refractivity contribution in [1.29, 1.82) is 0 Å². The van der Waals surface area contributed by atoms with Crippen molar-refractivity contribution < 1.29 is 9.84 Å². The van der Waals surface area contributed by atoms with Crippen LogP contribution in [0.3, 0.4) is 0 Å². The van der Waals surface area contributed by atoms with Gasteiger partial charge in [-0.05, 0) is 35.7 Å². The number of hydrogen-bond acceptors (Lipinski definition) is 3.